The van der Waals surface area contributed by atoms with E-state index in [4.69, 9.17) is 11.6 Å². The van der Waals surface area contributed by atoms with Crippen LogP contribution in [0.2, 0.25) is 5.02 Å². The van der Waals surface area contributed by atoms with Crippen molar-refractivity contribution in [2.75, 3.05) is 21.3 Å². The van der Waals surface area contributed by atoms with Gasteiger partial charge < -0.3 is 24.3 Å². The normalized spacial score (nSPS) is 9.69. The van der Waals surface area contributed by atoms with Crippen LogP contribution >= 0.6 is 11.6 Å². The number of pyridine rings is 1. The lowest BCUT2D eigenvalue weighted by Crippen LogP contribution is -2.19. The van der Waals surface area contributed by atoms with Crippen LogP contribution in [0, 0.1) is 0 Å². The van der Waals surface area contributed by atoms with Gasteiger partial charge in [0.05, 0.1) is 26.8 Å². The highest BCUT2D eigenvalue weighted by Gasteiger charge is 2.19. The molecular formula is C16H16ClNO8. The van der Waals surface area contributed by atoms with Gasteiger partial charge in [-0.1, -0.05) is 11.6 Å². The van der Waals surface area contributed by atoms with E-state index in [9.17, 15) is 24.3 Å². The van der Waals surface area contributed by atoms with Crippen molar-refractivity contribution >= 4 is 40.4 Å². The summed E-state index contributed by atoms with van der Waals surface area (Å²) in [5.74, 6) is -2.49. The average Bonchev–Trinajstić information content (AvgIpc) is 2.62. The smallest absolute Gasteiger partial charge is 0.347 e. The average molecular weight is 386 g/mol. The Morgan fingerprint density at radius 3 is 2.15 bits per heavy atom. The van der Waals surface area contributed by atoms with Crippen LogP contribution in [0.1, 0.15) is 16.8 Å². The molecule has 0 aliphatic heterocycles. The van der Waals surface area contributed by atoms with Gasteiger partial charge in [-0.15, -0.1) is 0 Å². The first-order valence-corrected chi connectivity index (χ1v) is 7.39. The SMILES string of the molecule is COC(=O)CC(=O)OC.COC(=O)c1c(O)c2cc(Cl)ccc2[nH]c1=O. The molecule has 0 saturated heterocycles. The standard InChI is InChI=1S/C11H8ClNO4.C5H8O4/c1-17-11(16)8-9(14)6-4-5(12)2-3-7(6)13-10(8)15;1-8-4(6)3-5(7)9-2/h2-4H,1H3,(H2,13,14,15);3H2,1-2H3. The summed E-state index contributed by atoms with van der Waals surface area (Å²) in [6.07, 6.45) is -0.312. The first-order valence-electron chi connectivity index (χ1n) is 7.01. The van der Waals surface area contributed by atoms with Gasteiger partial charge in [0.1, 0.15) is 12.2 Å². The minimum absolute atomic E-state index is 0.289. The molecule has 0 radical (unpaired) electrons. The number of esters is 3. The number of halogens is 1. The van der Waals surface area contributed by atoms with Crippen LogP contribution in [-0.2, 0) is 23.8 Å². The summed E-state index contributed by atoms with van der Waals surface area (Å²) in [6, 6.07) is 4.56. The van der Waals surface area contributed by atoms with E-state index in [-0.39, 0.29) is 11.8 Å². The fourth-order valence-electron chi connectivity index (χ4n) is 1.80. The molecule has 0 aliphatic rings. The molecule has 2 N–H and O–H groups in total. The Kier molecular flexibility index (Phi) is 7.60. The van der Waals surface area contributed by atoms with Gasteiger partial charge in [-0.25, -0.2) is 4.79 Å². The van der Waals surface area contributed by atoms with Crippen LogP contribution in [0.3, 0.4) is 0 Å². The maximum atomic E-state index is 11.6. The lowest BCUT2D eigenvalue weighted by Gasteiger charge is -2.05. The number of methoxy groups -OCH3 is 3. The molecule has 9 nitrogen and oxygen atoms in total. The van der Waals surface area contributed by atoms with Crippen LogP contribution in [-0.4, -0.2) is 49.3 Å². The van der Waals surface area contributed by atoms with E-state index in [1.54, 1.807) is 12.1 Å². The Labute approximate surface area is 152 Å². The molecule has 0 unspecified atom stereocenters. The number of rotatable bonds is 3. The van der Waals surface area contributed by atoms with Gasteiger partial charge in [0.25, 0.3) is 5.56 Å². The van der Waals surface area contributed by atoms with Crippen molar-refractivity contribution in [3.05, 3.63) is 39.1 Å². The van der Waals surface area contributed by atoms with Gasteiger partial charge in [0, 0.05) is 10.4 Å². The molecule has 26 heavy (non-hydrogen) atoms. The van der Waals surface area contributed by atoms with Gasteiger partial charge in [-0.05, 0) is 18.2 Å². The quantitative estimate of drug-likeness (QED) is 0.460. The second-order valence-corrected chi connectivity index (χ2v) is 5.12. The lowest BCUT2D eigenvalue weighted by atomic mass is 10.1. The molecule has 0 bridgehead atoms. The number of ether oxygens (including phenoxy) is 3. The number of carbonyl (C=O) groups is 3. The zero-order valence-corrected chi connectivity index (χ0v) is 14.9. The molecule has 0 atom stereocenters. The number of fused-ring (bicyclic) bond motifs is 1. The first-order chi connectivity index (χ1) is 12.2. The zero-order valence-electron chi connectivity index (χ0n) is 14.1. The summed E-state index contributed by atoms with van der Waals surface area (Å²) in [5, 5.41) is 10.6. The van der Waals surface area contributed by atoms with E-state index < -0.39 is 34.8 Å². The molecule has 10 heteroatoms. The largest absolute Gasteiger partial charge is 0.506 e. The molecule has 140 valence electrons. The van der Waals surface area contributed by atoms with Crippen molar-refractivity contribution < 1.29 is 33.7 Å². The van der Waals surface area contributed by atoms with Crippen molar-refractivity contribution in [3.63, 3.8) is 0 Å². The van der Waals surface area contributed by atoms with Crippen LogP contribution < -0.4 is 5.56 Å². The predicted molar refractivity (Wildman–Crippen MR) is 91.2 cm³/mol. The minimum atomic E-state index is -0.898. The molecule has 0 spiro atoms. The predicted octanol–water partition coefficient (Wildman–Crippen LogP) is 1.40. The summed E-state index contributed by atoms with van der Waals surface area (Å²) in [4.78, 5) is 45.9. The number of hydrogen-bond donors (Lipinski definition) is 2. The van der Waals surface area contributed by atoms with Crippen LogP contribution in [0.15, 0.2) is 23.0 Å². The Bertz CT molecular complexity index is 876. The molecular weight excluding hydrogens is 370 g/mol. The van der Waals surface area contributed by atoms with Crippen molar-refractivity contribution in [1.82, 2.24) is 4.98 Å². The van der Waals surface area contributed by atoms with Crippen molar-refractivity contribution in [1.29, 1.82) is 0 Å². The second kappa shape index (κ2) is 9.42. The molecule has 0 amide bonds. The van der Waals surface area contributed by atoms with Gasteiger partial charge in [0.15, 0.2) is 5.56 Å². The summed E-state index contributed by atoms with van der Waals surface area (Å²) in [6.45, 7) is 0. The van der Waals surface area contributed by atoms with Gasteiger partial charge in [0.2, 0.25) is 0 Å². The maximum Gasteiger partial charge on any atom is 0.347 e. The van der Waals surface area contributed by atoms with Crippen LogP contribution in [0.25, 0.3) is 10.9 Å². The summed E-state index contributed by atoms with van der Waals surface area (Å²) < 4.78 is 12.8. The van der Waals surface area contributed by atoms with E-state index in [2.05, 4.69) is 19.2 Å². The Hall–Kier alpha value is -3.07. The van der Waals surface area contributed by atoms with Crippen LogP contribution in [0.5, 0.6) is 5.75 Å². The molecule has 2 aromatic rings. The van der Waals surface area contributed by atoms with Crippen LogP contribution in [0.4, 0.5) is 0 Å². The third kappa shape index (κ3) is 5.21. The molecule has 1 aromatic heterocycles. The van der Waals surface area contributed by atoms with Gasteiger partial charge in [-0.3, -0.25) is 14.4 Å². The van der Waals surface area contributed by atoms with Crippen molar-refractivity contribution in [2.45, 2.75) is 6.42 Å². The number of aromatic amines is 1. The molecule has 0 aliphatic carbocycles. The van der Waals surface area contributed by atoms with E-state index >= 15 is 0 Å². The number of nitrogens with one attached hydrogen (secondary N) is 1. The van der Waals surface area contributed by atoms with E-state index in [0.717, 1.165) is 7.11 Å². The molecule has 1 heterocycles. The molecule has 2 rings (SSSR count). The van der Waals surface area contributed by atoms with E-state index in [0.29, 0.717) is 10.5 Å². The number of H-pyrrole nitrogens is 1. The molecule has 0 saturated carbocycles. The van der Waals surface area contributed by atoms with Gasteiger partial charge >= 0.3 is 17.9 Å². The topological polar surface area (TPSA) is 132 Å². The fourth-order valence-corrected chi connectivity index (χ4v) is 1.97. The molecule has 1 aromatic carbocycles. The first kappa shape index (κ1) is 21.0. The highest BCUT2D eigenvalue weighted by Crippen LogP contribution is 2.27. The van der Waals surface area contributed by atoms with Crippen molar-refractivity contribution in [2.24, 2.45) is 0 Å². The highest BCUT2D eigenvalue weighted by molar-refractivity contribution is 6.31. The zero-order chi connectivity index (χ0) is 19.9. The number of aromatic nitrogens is 1. The summed E-state index contributed by atoms with van der Waals surface area (Å²) in [7, 11) is 3.56. The highest BCUT2D eigenvalue weighted by atomic mass is 35.5. The van der Waals surface area contributed by atoms with E-state index in [1.165, 1.54) is 20.3 Å². The van der Waals surface area contributed by atoms with E-state index in [1.807, 2.05) is 0 Å². The monoisotopic (exact) mass is 385 g/mol. The number of aromatic hydroxyl groups is 1. The number of hydrogen-bond acceptors (Lipinski definition) is 8. The van der Waals surface area contributed by atoms with Crippen molar-refractivity contribution in [3.8, 4) is 5.75 Å². The Balaban J connectivity index is 0.000000321. The maximum absolute atomic E-state index is 11.6. The Morgan fingerprint density at radius 2 is 1.65 bits per heavy atom. The number of benzene rings is 1. The third-order valence-corrected chi connectivity index (χ3v) is 3.32. The van der Waals surface area contributed by atoms with Gasteiger partial charge in [-0.2, -0.15) is 0 Å². The summed E-state index contributed by atoms with van der Waals surface area (Å²) in [5.41, 5.74) is -0.740. The third-order valence-electron chi connectivity index (χ3n) is 3.08. The second-order valence-electron chi connectivity index (χ2n) is 4.69. The fraction of sp³-hybridized carbons (Fsp3) is 0.250. The summed E-state index contributed by atoms with van der Waals surface area (Å²) >= 11 is 5.78. The minimum Gasteiger partial charge on any atom is -0.506 e. The lowest BCUT2D eigenvalue weighted by molar-refractivity contribution is -0.151. The molecule has 0 fully saturated rings. The Morgan fingerprint density at radius 1 is 1.08 bits per heavy atom. The number of carbonyl (C=O) groups excluding carboxylic acids is 3.